The number of benzene rings is 1. The molecule has 1 aromatic carbocycles. The third kappa shape index (κ3) is 2.90. The summed E-state index contributed by atoms with van der Waals surface area (Å²) in [6, 6.07) is 8.64. The Kier molecular flexibility index (Phi) is 3.99. The number of methoxy groups -OCH3 is 2. The second-order valence-corrected chi connectivity index (χ2v) is 6.54. The summed E-state index contributed by atoms with van der Waals surface area (Å²) in [7, 11) is 3.34. The monoisotopic (exact) mass is 337 g/mol. The van der Waals surface area contributed by atoms with E-state index in [-0.39, 0.29) is 0 Å². The van der Waals surface area contributed by atoms with Crippen molar-refractivity contribution in [3.63, 3.8) is 0 Å². The lowest BCUT2D eigenvalue weighted by atomic mass is 10.1. The maximum atomic E-state index is 5.49. The van der Waals surface area contributed by atoms with Crippen molar-refractivity contribution in [3.05, 3.63) is 47.8 Å². The number of pyridine rings is 1. The van der Waals surface area contributed by atoms with Crippen molar-refractivity contribution in [2.45, 2.75) is 32.4 Å². The molecule has 1 saturated carbocycles. The van der Waals surface area contributed by atoms with Crippen LogP contribution in [0.25, 0.3) is 10.9 Å². The number of ether oxygens (including phenoxy) is 2. The smallest absolute Gasteiger partial charge is 0.135 e. The highest BCUT2D eigenvalue weighted by Gasteiger charge is 2.26. The normalized spacial score (nSPS) is 13.9. The van der Waals surface area contributed by atoms with Gasteiger partial charge in [-0.25, -0.2) is 4.98 Å². The summed E-state index contributed by atoms with van der Waals surface area (Å²) in [6.45, 7) is 2.80. The SMILES string of the molecule is COc1ccc(CNc2nccc3c2c(C)cn3C2CC2)c(OC)c1. The van der Waals surface area contributed by atoms with Crippen molar-refractivity contribution in [2.24, 2.45) is 0 Å². The summed E-state index contributed by atoms with van der Waals surface area (Å²) in [5.74, 6) is 2.52. The van der Waals surface area contributed by atoms with Crippen molar-refractivity contribution < 1.29 is 9.47 Å². The number of fused-ring (bicyclic) bond motifs is 1. The number of anilines is 1. The minimum absolute atomic E-state index is 0.646. The number of hydrogen-bond donors (Lipinski definition) is 1. The Bertz CT molecular complexity index is 913. The first-order valence-corrected chi connectivity index (χ1v) is 8.62. The van der Waals surface area contributed by atoms with E-state index in [4.69, 9.17) is 9.47 Å². The second kappa shape index (κ2) is 6.31. The van der Waals surface area contributed by atoms with Gasteiger partial charge in [0, 0.05) is 42.0 Å². The largest absolute Gasteiger partial charge is 0.497 e. The second-order valence-electron chi connectivity index (χ2n) is 6.54. The molecule has 0 unspecified atom stereocenters. The van der Waals surface area contributed by atoms with Gasteiger partial charge in [-0.2, -0.15) is 0 Å². The molecule has 1 N–H and O–H groups in total. The van der Waals surface area contributed by atoms with Crippen molar-refractivity contribution in [3.8, 4) is 11.5 Å². The molecule has 0 amide bonds. The van der Waals surface area contributed by atoms with E-state index >= 15 is 0 Å². The maximum absolute atomic E-state index is 5.49. The van der Waals surface area contributed by atoms with Gasteiger partial charge in [-0.1, -0.05) is 0 Å². The third-order valence-electron chi connectivity index (χ3n) is 4.82. The van der Waals surface area contributed by atoms with Gasteiger partial charge in [0.15, 0.2) is 0 Å². The van der Waals surface area contributed by atoms with Gasteiger partial charge < -0.3 is 19.4 Å². The van der Waals surface area contributed by atoms with Crippen LogP contribution in [-0.4, -0.2) is 23.8 Å². The van der Waals surface area contributed by atoms with Crippen LogP contribution < -0.4 is 14.8 Å². The average Bonchev–Trinajstić information content (AvgIpc) is 3.43. The number of nitrogens with zero attached hydrogens (tertiary/aromatic N) is 2. The fraction of sp³-hybridized carbons (Fsp3) is 0.350. The van der Waals surface area contributed by atoms with Crippen molar-refractivity contribution in [2.75, 3.05) is 19.5 Å². The molecule has 2 heterocycles. The van der Waals surface area contributed by atoms with Gasteiger partial charge in [-0.15, -0.1) is 0 Å². The van der Waals surface area contributed by atoms with Gasteiger partial charge in [-0.3, -0.25) is 0 Å². The van der Waals surface area contributed by atoms with Crippen molar-refractivity contribution in [1.29, 1.82) is 0 Å². The Labute approximate surface area is 147 Å². The van der Waals surface area contributed by atoms with Crippen LogP contribution in [0.15, 0.2) is 36.7 Å². The summed E-state index contributed by atoms with van der Waals surface area (Å²) < 4.78 is 13.1. The highest BCUT2D eigenvalue weighted by molar-refractivity contribution is 5.93. The Morgan fingerprint density at radius 3 is 2.76 bits per heavy atom. The van der Waals surface area contributed by atoms with Gasteiger partial charge in [0.25, 0.3) is 0 Å². The highest BCUT2D eigenvalue weighted by Crippen LogP contribution is 2.40. The molecule has 0 bridgehead atoms. The molecule has 0 atom stereocenters. The van der Waals surface area contributed by atoms with E-state index in [1.807, 2.05) is 24.4 Å². The molecule has 4 rings (SSSR count). The van der Waals surface area contributed by atoms with Gasteiger partial charge in [0.05, 0.1) is 19.7 Å². The molecule has 0 saturated heterocycles. The Morgan fingerprint density at radius 2 is 2.04 bits per heavy atom. The zero-order valence-corrected chi connectivity index (χ0v) is 14.9. The van der Waals surface area contributed by atoms with E-state index in [0.29, 0.717) is 12.6 Å². The van der Waals surface area contributed by atoms with Crippen LogP contribution in [0, 0.1) is 6.92 Å². The Balaban J connectivity index is 1.63. The molecule has 0 aliphatic heterocycles. The van der Waals surface area contributed by atoms with Gasteiger partial charge in [-0.05, 0) is 43.5 Å². The van der Waals surface area contributed by atoms with E-state index < -0.39 is 0 Å². The molecule has 5 nitrogen and oxygen atoms in total. The first kappa shape index (κ1) is 15.8. The average molecular weight is 337 g/mol. The lowest BCUT2D eigenvalue weighted by Gasteiger charge is -2.12. The van der Waals surface area contributed by atoms with Gasteiger partial charge in [0.2, 0.25) is 0 Å². The number of rotatable bonds is 6. The zero-order valence-electron chi connectivity index (χ0n) is 14.9. The predicted molar refractivity (Wildman–Crippen MR) is 99.6 cm³/mol. The van der Waals surface area contributed by atoms with Crippen LogP contribution in [0.5, 0.6) is 11.5 Å². The number of aryl methyl sites for hydroxylation is 1. The zero-order chi connectivity index (χ0) is 17.4. The highest BCUT2D eigenvalue weighted by atomic mass is 16.5. The molecule has 3 aromatic rings. The van der Waals surface area contributed by atoms with Crippen LogP contribution in [0.4, 0.5) is 5.82 Å². The van der Waals surface area contributed by atoms with Crippen molar-refractivity contribution in [1.82, 2.24) is 9.55 Å². The number of nitrogens with one attached hydrogen (secondary N) is 1. The molecule has 130 valence electrons. The summed E-state index contributed by atoms with van der Waals surface area (Å²) in [4.78, 5) is 4.58. The van der Waals surface area contributed by atoms with Crippen LogP contribution in [0.2, 0.25) is 0 Å². The van der Waals surface area contributed by atoms with Crippen molar-refractivity contribution >= 4 is 16.7 Å². The number of hydrogen-bond acceptors (Lipinski definition) is 4. The predicted octanol–water partition coefficient (Wildman–Crippen LogP) is 4.31. The lowest BCUT2D eigenvalue weighted by molar-refractivity contribution is 0.391. The minimum Gasteiger partial charge on any atom is -0.497 e. The van der Waals surface area contributed by atoms with E-state index in [0.717, 1.165) is 22.9 Å². The topological polar surface area (TPSA) is 48.3 Å². The molecule has 5 heteroatoms. The molecule has 25 heavy (non-hydrogen) atoms. The molecule has 0 spiro atoms. The van der Waals surface area contributed by atoms with E-state index in [1.165, 1.54) is 29.3 Å². The van der Waals surface area contributed by atoms with Gasteiger partial charge in [0.1, 0.15) is 17.3 Å². The Hall–Kier alpha value is -2.69. The fourth-order valence-electron chi connectivity index (χ4n) is 3.36. The maximum Gasteiger partial charge on any atom is 0.135 e. The summed E-state index contributed by atoms with van der Waals surface area (Å²) in [6.07, 6.45) is 6.69. The summed E-state index contributed by atoms with van der Waals surface area (Å²) >= 11 is 0. The van der Waals surface area contributed by atoms with Crippen LogP contribution >= 0.6 is 0 Å². The molecular formula is C20H23N3O2. The first-order valence-electron chi connectivity index (χ1n) is 8.62. The first-order chi connectivity index (χ1) is 12.2. The minimum atomic E-state index is 0.646. The van der Waals surface area contributed by atoms with E-state index in [2.05, 4.69) is 34.1 Å². The quantitative estimate of drug-likeness (QED) is 0.728. The molecule has 1 aliphatic rings. The van der Waals surface area contributed by atoms with Crippen LogP contribution in [0.1, 0.15) is 30.0 Å². The molecule has 1 aliphatic carbocycles. The molecule has 1 fully saturated rings. The Morgan fingerprint density at radius 1 is 1.20 bits per heavy atom. The van der Waals surface area contributed by atoms with Crippen LogP contribution in [-0.2, 0) is 6.54 Å². The summed E-state index contributed by atoms with van der Waals surface area (Å²) in [5, 5.41) is 4.69. The molecular weight excluding hydrogens is 314 g/mol. The van der Waals surface area contributed by atoms with E-state index in [1.54, 1.807) is 14.2 Å². The fourth-order valence-corrected chi connectivity index (χ4v) is 3.36. The number of aromatic nitrogens is 2. The van der Waals surface area contributed by atoms with Crippen LogP contribution in [0.3, 0.4) is 0 Å². The summed E-state index contributed by atoms with van der Waals surface area (Å²) in [5.41, 5.74) is 3.60. The standard InChI is InChI=1S/C20H23N3O2/c1-13-12-23(15-5-6-15)17-8-9-21-20(19(13)17)22-11-14-4-7-16(24-2)10-18(14)25-3/h4,7-10,12,15H,5-6,11H2,1-3H3,(H,21,22). The molecule has 2 aromatic heterocycles. The third-order valence-corrected chi connectivity index (χ3v) is 4.82. The molecule has 0 radical (unpaired) electrons. The van der Waals surface area contributed by atoms with Gasteiger partial charge >= 0.3 is 0 Å². The van der Waals surface area contributed by atoms with E-state index in [9.17, 15) is 0 Å². The lowest BCUT2D eigenvalue weighted by Crippen LogP contribution is -2.04.